The van der Waals surface area contributed by atoms with Crippen molar-refractivity contribution in [3.8, 4) is 0 Å². The molecular formula is C15H12Cl2N2O2. The Labute approximate surface area is 132 Å². The van der Waals surface area contributed by atoms with Gasteiger partial charge in [0, 0.05) is 10.7 Å². The summed E-state index contributed by atoms with van der Waals surface area (Å²) in [7, 11) is 0. The Balaban J connectivity index is 2.06. The van der Waals surface area contributed by atoms with Gasteiger partial charge in [-0.25, -0.2) is 0 Å². The van der Waals surface area contributed by atoms with Gasteiger partial charge in [0.2, 0.25) is 0 Å². The summed E-state index contributed by atoms with van der Waals surface area (Å²) >= 11 is 11.7. The number of carbonyl (C=O) groups excluding carboxylic acids is 2. The Bertz CT molecular complexity index is 702. The summed E-state index contributed by atoms with van der Waals surface area (Å²) in [6, 6.07) is 11.7. The van der Waals surface area contributed by atoms with Crippen LogP contribution in [0.4, 0.5) is 11.4 Å². The Hall–Kier alpha value is -2.04. The average molecular weight is 323 g/mol. The zero-order chi connectivity index (χ0) is 15.4. The van der Waals surface area contributed by atoms with E-state index in [4.69, 9.17) is 23.2 Å². The molecule has 0 spiro atoms. The van der Waals surface area contributed by atoms with Gasteiger partial charge in [0.05, 0.1) is 10.7 Å². The number of carbonyl (C=O) groups is 2. The molecule has 0 saturated carbocycles. The van der Waals surface area contributed by atoms with Crippen LogP contribution in [0.3, 0.4) is 0 Å². The summed E-state index contributed by atoms with van der Waals surface area (Å²) < 4.78 is 0. The molecule has 2 rings (SSSR count). The van der Waals surface area contributed by atoms with Crippen molar-refractivity contribution < 1.29 is 9.59 Å². The van der Waals surface area contributed by atoms with Crippen molar-refractivity contribution in [2.75, 3.05) is 10.6 Å². The predicted molar refractivity (Wildman–Crippen MR) is 84.9 cm³/mol. The Morgan fingerprint density at radius 1 is 0.952 bits per heavy atom. The molecule has 0 bridgehead atoms. The second-order valence-corrected chi connectivity index (χ2v) is 5.25. The maximum Gasteiger partial charge on any atom is 0.314 e. The van der Waals surface area contributed by atoms with Crippen molar-refractivity contribution in [2.24, 2.45) is 0 Å². The topological polar surface area (TPSA) is 58.2 Å². The van der Waals surface area contributed by atoms with Gasteiger partial charge >= 0.3 is 11.8 Å². The molecular weight excluding hydrogens is 311 g/mol. The van der Waals surface area contributed by atoms with Crippen molar-refractivity contribution in [2.45, 2.75) is 6.92 Å². The highest BCUT2D eigenvalue weighted by molar-refractivity contribution is 6.45. The summed E-state index contributed by atoms with van der Waals surface area (Å²) in [6.07, 6.45) is 0. The normalized spacial score (nSPS) is 10.0. The summed E-state index contributed by atoms with van der Waals surface area (Å²) in [5.74, 6) is -1.60. The van der Waals surface area contributed by atoms with Crippen molar-refractivity contribution in [1.29, 1.82) is 0 Å². The Kier molecular flexibility index (Phi) is 4.83. The van der Waals surface area contributed by atoms with E-state index in [0.29, 0.717) is 15.7 Å². The molecule has 0 atom stereocenters. The summed E-state index contributed by atoms with van der Waals surface area (Å²) in [4.78, 5) is 23.7. The van der Waals surface area contributed by atoms with Gasteiger partial charge in [0.15, 0.2) is 0 Å². The largest absolute Gasteiger partial charge is 0.318 e. The summed E-state index contributed by atoms with van der Waals surface area (Å²) in [5.41, 5.74) is 1.81. The van der Waals surface area contributed by atoms with Gasteiger partial charge < -0.3 is 10.6 Å². The van der Waals surface area contributed by atoms with Crippen LogP contribution in [-0.2, 0) is 9.59 Å². The second kappa shape index (κ2) is 6.61. The van der Waals surface area contributed by atoms with Crippen LogP contribution in [0.2, 0.25) is 10.0 Å². The molecule has 0 heterocycles. The first-order chi connectivity index (χ1) is 9.95. The maximum absolute atomic E-state index is 11.8. The molecule has 0 aliphatic rings. The fourth-order valence-electron chi connectivity index (χ4n) is 1.68. The van der Waals surface area contributed by atoms with Gasteiger partial charge in [-0.15, -0.1) is 0 Å². The first-order valence-corrected chi connectivity index (χ1v) is 6.85. The van der Waals surface area contributed by atoms with E-state index in [1.807, 2.05) is 13.0 Å². The third-order valence-corrected chi connectivity index (χ3v) is 3.22. The van der Waals surface area contributed by atoms with Gasteiger partial charge in [-0.2, -0.15) is 0 Å². The Morgan fingerprint density at radius 2 is 1.67 bits per heavy atom. The number of rotatable bonds is 2. The zero-order valence-electron chi connectivity index (χ0n) is 11.1. The molecule has 0 unspecified atom stereocenters. The van der Waals surface area contributed by atoms with Crippen LogP contribution < -0.4 is 10.6 Å². The molecule has 0 aliphatic carbocycles. The monoisotopic (exact) mass is 322 g/mol. The van der Waals surface area contributed by atoms with Crippen LogP contribution in [0, 0.1) is 6.92 Å². The highest BCUT2D eigenvalue weighted by Crippen LogP contribution is 2.25. The van der Waals surface area contributed by atoms with E-state index in [2.05, 4.69) is 10.6 Å². The molecule has 2 amide bonds. The molecule has 21 heavy (non-hydrogen) atoms. The molecule has 0 saturated heterocycles. The molecule has 0 aliphatic heterocycles. The lowest BCUT2D eigenvalue weighted by Gasteiger charge is -2.08. The van der Waals surface area contributed by atoms with Gasteiger partial charge in [-0.3, -0.25) is 9.59 Å². The molecule has 2 aromatic carbocycles. The minimum Gasteiger partial charge on any atom is -0.318 e. The molecule has 4 nitrogen and oxygen atoms in total. The van der Waals surface area contributed by atoms with Crippen LogP contribution in [0.25, 0.3) is 0 Å². The Morgan fingerprint density at radius 3 is 2.38 bits per heavy atom. The minimum absolute atomic E-state index is 0.286. The highest BCUT2D eigenvalue weighted by Gasteiger charge is 2.15. The first-order valence-electron chi connectivity index (χ1n) is 6.10. The lowest BCUT2D eigenvalue weighted by atomic mass is 10.2. The van der Waals surface area contributed by atoms with Gasteiger partial charge in [-0.1, -0.05) is 35.3 Å². The van der Waals surface area contributed by atoms with Crippen molar-refractivity contribution in [3.63, 3.8) is 0 Å². The highest BCUT2D eigenvalue weighted by atomic mass is 35.5. The van der Waals surface area contributed by atoms with E-state index in [0.717, 1.165) is 5.56 Å². The van der Waals surface area contributed by atoms with E-state index < -0.39 is 11.8 Å². The van der Waals surface area contributed by atoms with E-state index >= 15 is 0 Å². The molecule has 2 N–H and O–H groups in total. The minimum atomic E-state index is -0.819. The molecule has 0 aromatic heterocycles. The van der Waals surface area contributed by atoms with Gasteiger partial charge in [0.25, 0.3) is 0 Å². The summed E-state index contributed by atoms with van der Waals surface area (Å²) in [6.45, 7) is 1.89. The smallest absolute Gasteiger partial charge is 0.314 e. The second-order valence-electron chi connectivity index (χ2n) is 4.40. The fourth-order valence-corrected chi connectivity index (χ4v) is 2.02. The molecule has 108 valence electrons. The van der Waals surface area contributed by atoms with Crippen LogP contribution in [-0.4, -0.2) is 11.8 Å². The van der Waals surface area contributed by atoms with Crippen molar-refractivity contribution >= 4 is 46.4 Å². The van der Waals surface area contributed by atoms with Crippen LogP contribution in [0.15, 0.2) is 42.5 Å². The van der Waals surface area contributed by atoms with Crippen LogP contribution in [0.1, 0.15) is 5.56 Å². The quantitative estimate of drug-likeness (QED) is 0.824. The zero-order valence-corrected chi connectivity index (χ0v) is 12.6. The molecule has 0 radical (unpaired) electrons. The first kappa shape index (κ1) is 15.4. The van der Waals surface area contributed by atoms with Crippen molar-refractivity contribution in [1.82, 2.24) is 0 Å². The number of anilines is 2. The van der Waals surface area contributed by atoms with Crippen LogP contribution >= 0.6 is 23.2 Å². The van der Waals surface area contributed by atoms with Gasteiger partial charge in [0.1, 0.15) is 0 Å². The van der Waals surface area contributed by atoms with E-state index in [9.17, 15) is 9.59 Å². The number of halogens is 2. The standard InChI is InChI=1S/C15H12Cl2N2O2/c1-9-3-2-4-11(7-9)18-14(20)15(21)19-13-8-10(16)5-6-12(13)17/h2-8H,1H3,(H,18,20)(H,19,21). The summed E-state index contributed by atoms with van der Waals surface area (Å²) in [5, 5.41) is 5.64. The number of hydrogen-bond acceptors (Lipinski definition) is 2. The third kappa shape index (κ3) is 4.21. The average Bonchev–Trinajstić information content (AvgIpc) is 2.43. The fraction of sp³-hybridized carbons (Fsp3) is 0.0667. The lowest BCUT2D eigenvalue weighted by Crippen LogP contribution is -2.29. The van der Waals surface area contributed by atoms with Crippen molar-refractivity contribution in [3.05, 3.63) is 58.1 Å². The number of amides is 2. The van der Waals surface area contributed by atoms with Gasteiger partial charge in [-0.05, 0) is 42.8 Å². The van der Waals surface area contributed by atoms with E-state index in [1.165, 1.54) is 12.1 Å². The number of nitrogens with one attached hydrogen (secondary N) is 2. The molecule has 6 heteroatoms. The third-order valence-electron chi connectivity index (χ3n) is 2.66. The SMILES string of the molecule is Cc1cccc(NC(=O)C(=O)Nc2cc(Cl)ccc2Cl)c1. The molecule has 0 fully saturated rings. The number of aryl methyl sites for hydroxylation is 1. The molecule has 2 aromatic rings. The van der Waals surface area contributed by atoms with E-state index in [1.54, 1.807) is 24.3 Å². The number of benzene rings is 2. The van der Waals surface area contributed by atoms with Crippen LogP contribution in [0.5, 0.6) is 0 Å². The predicted octanol–water partition coefficient (Wildman–Crippen LogP) is 3.88. The number of hydrogen-bond donors (Lipinski definition) is 2. The maximum atomic E-state index is 11.8. The lowest BCUT2D eigenvalue weighted by molar-refractivity contribution is -0.132. The van der Waals surface area contributed by atoms with E-state index in [-0.39, 0.29) is 5.69 Å².